The fourth-order valence-corrected chi connectivity index (χ4v) is 1.95. The van der Waals surface area contributed by atoms with Crippen molar-refractivity contribution < 1.29 is 14.7 Å². The van der Waals surface area contributed by atoms with Gasteiger partial charge in [-0.05, 0) is 33.1 Å². The van der Waals surface area contributed by atoms with Crippen molar-refractivity contribution in [2.24, 2.45) is 5.92 Å². The van der Waals surface area contributed by atoms with Gasteiger partial charge in [-0.15, -0.1) is 0 Å². The van der Waals surface area contributed by atoms with Gasteiger partial charge in [0.25, 0.3) is 0 Å². The van der Waals surface area contributed by atoms with Gasteiger partial charge in [-0.1, -0.05) is 13.8 Å². The van der Waals surface area contributed by atoms with Gasteiger partial charge < -0.3 is 10.0 Å². The highest BCUT2D eigenvalue weighted by atomic mass is 16.4. The van der Waals surface area contributed by atoms with Crippen molar-refractivity contribution in [2.75, 3.05) is 14.1 Å². The molecule has 0 aliphatic carbocycles. The predicted molar refractivity (Wildman–Crippen MR) is 71.6 cm³/mol. The summed E-state index contributed by atoms with van der Waals surface area (Å²) in [6.45, 7) is 9.38. The van der Waals surface area contributed by atoms with E-state index in [-0.39, 0.29) is 11.8 Å². The normalized spacial score (nSPS) is 13.3. The minimum atomic E-state index is -1.05. The maximum Gasteiger partial charge on any atom is 0.408 e. The first kappa shape index (κ1) is 16.7. The smallest absolute Gasteiger partial charge is 0.408 e. The lowest BCUT2D eigenvalue weighted by Crippen LogP contribution is -2.56. The molecule has 0 aromatic heterocycles. The van der Waals surface area contributed by atoms with Crippen molar-refractivity contribution in [3.05, 3.63) is 0 Å². The van der Waals surface area contributed by atoms with E-state index < -0.39 is 17.7 Å². The Labute approximate surface area is 110 Å². The minimum absolute atomic E-state index is 0.166. The molecule has 0 heterocycles. The fraction of sp³-hybridized carbons (Fsp3) is 0.846. The van der Waals surface area contributed by atoms with Gasteiger partial charge in [0.1, 0.15) is 6.04 Å². The van der Waals surface area contributed by atoms with Crippen LogP contribution in [0.2, 0.25) is 0 Å². The van der Waals surface area contributed by atoms with Gasteiger partial charge in [-0.3, -0.25) is 9.69 Å². The lowest BCUT2D eigenvalue weighted by Gasteiger charge is -2.40. The zero-order chi connectivity index (χ0) is 14.7. The first-order valence-corrected chi connectivity index (χ1v) is 6.22. The molecule has 1 N–H and O–H groups in total. The van der Waals surface area contributed by atoms with Gasteiger partial charge in [0.05, 0.1) is 0 Å². The number of likely N-dealkylation sites (N-methyl/N-ethyl adjacent to an activating group) is 1. The van der Waals surface area contributed by atoms with E-state index >= 15 is 0 Å². The maximum atomic E-state index is 12.2. The molecule has 106 valence electrons. The highest BCUT2D eigenvalue weighted by molar-refractivity contribution is 5.85. The van der Waals surface area contributed by atoms with Gasteiger partial charge >= 0.3 is 6.09 Å². The molecule has 0 aliphatic rings. The number of rotatable bonds is 4. The van der Waals surface area contributed by atoms with E-state index in [1.165, 1.54) is 9.80 Å². The Hall–Kier alpha value is -1.26. The van der Waals surface area contributed by atoms with Crippen molar-refractivity contribution in [2.45, 2.75) is 52.6 Å². The summed E-state index contributed by atoms with van der Waals surface area (Å²) in [6.07, 6.45) is -0.524. The lowest BCUT2D eigenvalue weighted by molar-refractivity contribution is -0.136. The van der Waals surface area contributed by atoms with E-state index in [9.17, 15) is 14.7 Å². The summed E-state index contributed by atoms with van der Waals surface area (Å²) < 4.78 is 0. The molecule has 5 heteroatoms. The number of carboxylic acid groups (broad SMARTS) is 1. The van der Waals surface area contributed by atoms with Crippen molar-refractivity contribution in [1.29, 1.82) is 0 Å². The molecule has 0 aliphatic heterocycles. The zero-order valence-electron chi connectivity index (χ0n) is 12.5. The first-order valence-electron chi connectivity index (χ1n) is 6.22. The first-order chi connectivity index (χ1) is 7.98. The van der Waals surface area contributed by atoms with Crippen LogP contribution in [0.15, 0.2) is 0 Å². The van der Waals surface area contributed by atoms with E-state index in [0.717, 1.165) is 0 Å². The summed E-state index contributed by atoms with van der Waals surface area (Å²) in [7, 11) is 3.30. The monoisotopic (exact) mass is 258 g/mol. The third-order valence-electron chi connectivity index (χ3n) is 2.66. The summed E-state index contributed by atoms with van der Waals surface area (Å²) in [4.78, 5) is 26.4. The molecule has 1 atom stereocenters. The Kier molecular flexibility index (Phi) is 5.64. The molecule has 0 bridgehead atoms. The zero-order valence-corrected chi connectivity index (χ0v) is 12.5. The fourth-order valence-electron chi connectivity index (χ4n) is 1.95. The van der Waals surface area contributed by atoms with Crippen molar-refractivity contribution in [3.8, 4) is 0 Å². The van der Waals surface area contributed by atoms with Gasteiger partial charge in [0.15, 0.2) is 0 Å². The van der Waals surface area contributed by atoms with Crippen LogP contribution in [0.4, 0.5) is 4.79 Å². The molecular weight excluding hydrogens is 232 g/mol. The molecule has 0 radical (unpaired) electrons. The van der Waals surface area contributed by atoms with Crippen molar-refractivity contribution >= 4 is 12.0 Å². The topological polar surface area (TPSA) is 60.9 Å². The molecule has 0 unspecified atom stereocenters. The molecule has 0 rings (SSSR count). The van der Waals surface area contributed by atoms with E-state index in [1.54, 1.807) is 34.9 Å². The lowest BCUT2D eigenvalue weighted by atomic mass is 9.96. The van der Waals surface area contributed by atoms with Gasteiger partial charge in [0.2, 0.25) is 5.91 Å². The largest absolute Gasteiger partial charge is 0.465 e. The standard InChI is InChI=1S/C13H26N2O3/c1-9(2)8-10(11(16)14(6)7)15(12(17)18)13(3,4)5/h9-10H,8H2,1-7H3,(H,17,18)/t10-/m0/s1. The van der Waals surface area contributed by atoms with Crippen LogP contribution in [0.1, 0.15) is 41.0 Å². The summed E-state index contributed by atoms with van der Waals surface area (Å²) in [5.41, 5.74) is -0.600. The van der Waals surface area contributed by atoms with Crippen LogP contribution in [-0.2, 0) is 4.79 Å². The molecule has 5 nitrogen and oxygen atoms in total. The third kappa shape index (κ3) is 4.55. The van der Waals surface area contributed by atoms with Gasteiger partial charge in [0, 0.05) is 19.6 Å². The van der Waals surface area contributed by atoms with Crippen LogP contribution in [0.25, 0.3) is 0 Å². The van der Waals surface area contributed by atoms with Gasteiger partial charge in [-0.25, -0.2) is 4.79 Å². The molecule has 0 fully saturated rings. The molecule has 18 heavy (non-hydrogen) atoms. The average molecular weight is 258 g/mol. The number of hydrogen-bond acceptors (Lipinski definition) is 2. The average Bonchev–Trinajstić information content (AvgIpc) is 2.11. The van der Waals surface area contributed by atoms with E-state index in [4.69, 9.17) is 0 Å². The predicted octanol–water partition coefficient (Wildman–Crippen LogP) is 2.27. The Morgan fingerprint density at radius 3 is 1.83 bits per heavy atom. The molecule has 0 spiro atoms. The highest BCUT2D eigenvalue weighted by Crippen LogP contribution is 2.23. The second-order valence-electron chi connectivity index (χ2n) is 6.20. The van der Waals surface area contributed by atoms with Crippen LogP contribution in [0.5, 0.6) is 0 Å². The molecule has 0 saturated carbocycles. The summed E-state index contributed by atoms with van der Waals surface area (Å²) in [5.74, 6) is 0.0872. The summed E-state index contributed by atoms with van der Waals surface area (Å²) in [6, 6.07) is -0.627. The molecule has 0 aromatic carbocycles. The van der Waals surface area contributed by atoms with Gasteiger partial charge in [-0.2, -0.15) is 0 Å². The Balaban J connectivity index is 5.38. The van der Waals surface area contributed by atoms with E-state index in [0.29, 0.717) is 6.42 Å². The van der Waals surface area contributed by atoms with Crippen LogP contribution < -0.4 is 0 Å². The molecule has 0 saturated heterocycles. The maximum absolute atomic E-state index is 12.2. The number of nitrogens with zero attached hydrogens (tertiary/aromatic N) is 2. The molecule has 2 amide bonds. The second kappa shape index (κ2) is 6.07. The Bertz CT molecular complexity index is 306. The highest BCUT2D eigenvalue weighted by Gasteiger charge is 2.38. The quantitative estimate of drug-likeness (QED) is 0.841. The number of hydrogen-bond donors (Lipinski definition) is 1. The van der Waals surface area contributed by atoms with Crippen LogP contribution in [-0.4, -0.2) is 52.6 Å². The van der Waals surface area contributed by atoms with Crippen LogP contribution in [0, 0.1) is 5.92 Å². The Morgan fingerprint density at radius 2 is 1.61 bits per heavy atom. The third-order valence-corrected chi connectivity index (χ3v) is 2.66. The van der Waals surface area contributed by atoms with Crippen molar-refractivity contribution in [3.63, 3.8) is 0 Å². The second-order valence-corrected chi connectivity index (χ2v) is 6.20. The van der Waals surface area contributed by atoms with E-state index in [2.05, 4.69) is 0 Å². The minimum Gasteiger partial charge on any atom is -0.465 e. The van der Waals surface area contributed by atoms with Crippen molar-refractivity contribution in [1.82, 2.24) is 9.80 Å². The number of carbonyl (C=O) groups excluding carboxylic acids is 1. The number of carbonyl (C=O) groups is 2. The SMILES string of the molecule is CC(C)C[C@@H](C(=O)N(C)C)N(C(=O)O)C(C)(C)C. The van der Waals surface area contributed by atoms with E-state index in [1.807, 2.05) is 13.8 Å². The Morgan fingerprint density at radius 1 is 1.17 bits per heavy atom. The molecule has 0 aromatic rings. The van der Waals surface area contributed by atoms with Crippen LogP contribution in [0.3, 0.4) is 0 Å². The summed E-state index contributed by atoms with van der Waals surface area (Å²) in [5, 5.41) is 9.38. The van der Waals surface area contributed by atoms with Crippen LogP contribution >= 0.6 is 0 Å². The summed E-state index contributed by atoms with van der Waals surface area (Å²) >= 11 is 0. The molecular formula is C13H26N2O3. The number of amides is 2.